The summed E-state index contributed by atoms with van der Waals surface area (Å²) in [6, 6.07) is 4.54. The van der Waals surface area contributed by atoms with Gasteiger partial charge in [-0.25, -0.2) is 23.4 Å². The van der Waals surface area contributed by atoms with Crippen molar-refractivity contribution in [1.82, 2.24) is 9.38 Å². The molecule has 2 heterocycles. The maximum absolute atomic E-state index is 14.8. The summed E-state index contributed by atoms with van der Waals surface area (Å²) < 4.78 is 73.3. The molecular formula is C24H23F5N2O5. The summed E-state index contributed by atoms with van der Waals surface area (Å²) in [7, 11) is 0. The van der Waals surface area contributed by atoms with Gasteiger partial charge in [0.1, 0.15) is 18.2 Å². The lowest BCUT2D eigenvalue weighted by Gasteiger charge is -2.12. The zero-order chi connectivity index (χ0) is 26.8. The number of aliphatic carboxylic acids is 1. The standard InChI is InChI=1S/C22H22F2N2O3.C2HF3O2/c1-4-28-22(27)20-13(3)25-21-18(9-12(2)10-26(20)21)29-11-16-17(23)8-7-15(19(16)24)14-5-6-14;3-2(4,5)1(6)7/h7-10,14H,4-6,11H2,1-3H3;(H,6,7). The maximum atomic E-state index is 14.8. The smallest absolute Gasteiger partial charge is 0.485 e. The Bertz CT molecular complexity index is 1300. The van der Waals surface area contributed by atoms with Gasteiger partial charge in [-0.05, 0) is 62.8 Å². The lowest BCUT2D eigenvalue weighted by atomic mass is 10.1. The number of fused-ring (bicyclic) bond motifs is 1. The molecule has 1 N–H and O–H groups in total. The number of benzene rings is 1. The van der Waals surface area contributed by atoms with E-state index in [-0.39, 0.29) is 24.7 Å². The van der Waals surface area contributed by atoms with Gasteiger partial charge in [-0.1, -0.05) is 6.07 Å². The van der Waals surface area contributed by atoms with E-state index < -0.39 is 29.7 Å². The van der Waals surface area contributed by atoms with Gasteiger partial charge in [-0.2, -0.15) is 13.2 Å². The van der Waals surface area contributed by atoms with E-state index in [0.29, 0.717) is 28.3 Å². The first-order valence-electron chi connectivity index (χ1n) is 10.9. The van der Waals surface area contributed by atoms with E-state index >= 15 is 0 Å². The normalized spacial score (nSPS) is 13.2. The molecule has 1 saturated carbocycles. The van der Waals surface area contributed by atoms with Crippen LogP contribution in [0.1, 0.15) is 58.6 Å². The highest BCUT2D eigenvalue weighted by atomic mass is 19.4. The van der Waals surface area contributed by atoms with Crippen LogP contribution in [0.15, 0.2) is 24.4 Å². The lowest BCUT2D eigenvalue weighted by Crippen LogP contribution is -2.21. The van der Waals surface area contributed by atoms with E-state index in [4.69, 9.17) is 19.4 Å². The number of rotatable bonds is 6. The van der Waals surface area contributed by atoms with Crippen LogP contribution in [-0.2, 0) is 16.1 Å². The number of aromatic nitrogens is 2. The van der Waals surface area contributed by atoms with Crippen LogP contribution < -0.4 is 4.74 Å². The molecule has 0 amide bonds. The van der Waals surface area contributed by atoms with E-state index in [9.17, 15) is 26.7 Å². The molecule has 3 aromatic rings. The van der Waals surface area contributed by atoms with Crippen LogP contribution >= 0.6 is 0 Å². The first-order valence-corrected chi connectivity index (χ1v) is 10.9. The first-order chi connectivity index (χ1) is 16.8. The Morgan fingerprint density at radius 2 is 1.83 bits per heavy atom. The second-order valence-corrected chi connectivity index (χ2v) is 8.14. The van der Waals surface area contributed by atoms with E-state index in [1.165, 1.54) is 12.1 Å². The quantitative estimate of drug-likeness (QED) is 0.345. The van der Waals surface area contributed by atoms with Crippen LogP contribution in [0, 0.1) is 25.5 Å². The summed E-state index contributed by atoms with van der Waals surface area (Å²) in [5, 5.41) is 7.12. The number of alkyl halides is 3. The second kappa shape index (κ2) is 10.5. The molecular weight excluding hydrogens is 491 g/mol. The third-order valence-corrected chi connectivity index (χ3v) is 5.31. The number of pyridine rings is 1. The molecule has 0 radical (unpaired) electrons. The molecule has 1 aromatic carbocycles. The molecule has 7 nitrogen and oxygen atoms in total. The Labute approximate surface area is 202 Å². The van der Waals surface area contributed by atoms with Crippen LogP contribution in [0.5, 0.6) is 5.75 Å². The predicted molar refractivity (Wildman–Crippen MR) is 117 cm³/mol. The van der Waals surface area contributed by atoms with E-state index in [1.807, 2.05) is 6.92 Å². The summed E-state index contributed by atoms with van der Waals surface area (Å²) in [6.45, 7) is 5.26. The number of imidazole rings is 1. The number of esters is 1. The molecule has 0 saturated heterocycles. The van der Waals surface area contributed by atoms with Gasteiger partial charge in [0, 0.05) is 6.20 Å². The zero-order valence-electron chi connectivity index (χ0n) is 19.6. The summed E-state index contributed by atoms with van der Waals surface area (Å²) in [5.41, 5.74) is 2.46. The average molecular weight is 514 g/mol. The van der Waals surface area contributed by atoms with Gasteiger partial charge >= 0.3 is 18.1 Å². The van der Waals surface area contributed by atoms with Gasteiger partial charge < -0.3 is 14.6 Å². The fourth-order valence-electron chi connectivity index (χ4n) is 3.52. The van der Waals surface area contributed by atoms with Crippen molar-refractivity contribution in [3.63, 3.8) is 0 Å². The average Bonchev–Trinajstić information content (AvgIpc) is 3.55. The van der Waals surface area contributed by atoms with Crippen molar-refractivity contribution in [2.24, 2.45) is 0 Å². The first kappa shape index (κ1) is 26.9. The molecule has 1 aliphatic rings. The Hall–Kier alpha value is -3.70. The molecule has 0 aliphatic heterocycles. The number of nitrogens with zero attached hydrogens (tertiary/aromatic N) is 2. The number of hydrogen-bond donors (Lipinski definition) is 1. The molecule has 0 atom stereocenters. The Balaban J connectivity index is 0.000000454. The van der Waals surface area contributed by atoms with Crippen molar-refractivity contribution < 1.29 is 46.1 Å². The van der Waals surface area contributed by atoms with Crippen molar-refractivity contribution in [1.29, 1.82) is 0 Å². The number of carbonyl (C=O) groups excluding carboxylic acids is 1. The molecule has 0 bridgehead atoms. The van der Waals surface area contributed by atoms with Crippen LogP contribution in [-0.4, -0.2) is 39.2 Å². The minimum atomic E-state index is -5.08. The largest absolute Gasteiger partial charge is 0.490 e. The zero-order valence-corrected chi connectivity index (χ0v) is 19.6. The van der Waals surface area contributed by atoms with Gasteiger partial charge in [-0.3, -0.25) is 4.40 Å². The molecule has 0 spiro atoms. The number of carboxylic acid groups (broad SMARTS) is 1. The highest BCUT2D eigenvalue weighted by Crippen LogP contribution is 2.42. The molecule has 12 heteroatoms. The van der Waals surface area contributed by atoms with Crippen LogP contribution in [0.4, 0.5) is 22.0 Å². The lowest BCUT2D eigenvalue weighted by molar-refractivity contribution is -0.192. The van der Waals surface area contributed by atoms with Gasteiger partial charge in [0.2, 0.25) is 0 Å². The molecule has 4 rings (SSSR count). The van der Waals surface area contributed by atoms with Crippen LogP contribution in [0.25, 0.3) is 5.65 Å². The molecule has 36 heavy (non-hydrogen) atoms. The van der Waals surface area contributed by atoms with E-state index in [2.05, 4.69) is 4.98 Å². The summed E-state index contributed by atoms with van der Waals surface area (Å²) >= 11 is 0. The molecule has 0 unspecified atom stereocenters. The summed E-state index contributed by atoms with van der Waals surface area (Å²) in [5.74, 6) is -3.90. The summed E-state index contributed by atoms with van der Waals surface area (Å²) in [4.78, 5) is 25.6. The van der Waals surface area contributed by atoms with Crippen molar-refractivity contribution in [2.45, 2.75) is 52.3 Å². The SMILES string of the molecule is CCOC(=O)c1c(C)nc2c(OCc3c(F)ccc(C4CC4)c3F)cc(C)cn12.O=C(O)C(F)(F)F. The van der Waals surface area contributed by atoms with Crippen molar-refractivity contribution in [3.8, 4) is 5.75 Å². The highest BCUT2D eigenvalue weighted by Gasteiger charge is 2.38. The number of carboxylic acids is 1. The van der Waals surface area contributed by atoms with Gasteiger partial charge in [0.15, 0.2) is 17.1 Å². The minimum absolute atomic E-state index is 0.0945. The third kappa shape index (κ3) is 5.92. The van der Waals surface area contributed by atoms with E-state index in [0.717, 1.165) is 18.4 Å². The van der Waals surface area contributed by atoms with Crippen LogP contribution in [0.2, 0.25) is 0 Å². The van der Waals surface area contributed by atoms with E-state index in [1.54, 1.807) is 30.5 Å². The molecule has 2 aromatic heterocycles. The van der Waals surface area contributed by atoms with Crippen molar-refractivity contribution in [2.75, 3.05) is 6.61 Å². The molecule has 1 fully saturated rings. The predicted octanol–water partition coefficient (Wildman–Crippen LogP) is 5.50. The fraction of sp³-hybridized carbons (Fsp3) is 0.375. The minimum Gasteiger partial charge on any atom is -0.485 e. The van der Waals surface area contributed by atoms with Crippen molar-refractivity contribution in [3.05, 3.63) is 64.1 Å². The van der Waals surface area contributed by atoms with Crippen molar-refractivity contribution >= 4 is 17.6 Å². The van der Waals surface area contributed by atoms with Gasteiger partial charge in [-0.15, -0.1) is 0 Å². The monoisotopic (exact) mass is 514 g/mol. The summed E-state index contributed by atoms with van der Waals surface area (Å²) in [6.07, 6.45) is -1.49. The number of halogens is 5. The van der Waals surface area contributed by atoms with Gasteiger partial charge in [0.05, 0.1) is 17.9 Å². The Morgan fingerprint density at radius 1 is 1.19 bits per heavy atom. The number of hydrogen-bond acceptors (Lipinski definition) is 5. The number of carbonyl (C=O) groups is 2. The third-order valence-electron chi connectivity index (χ3n) is 5.31. The highest BCUT2D eigenvalue weighted by molar-refractivity contribution is 5.90. The fourth-order valence-corrected chi connectivity index (χ4v) is 3.52. The van der Waals surface area contributed by atoms with Crippen LogP contribution in [0.3, 0.4) is 0 Å². The Kier molecular flexibility index (Phi) is 7.85. The number of ether oxygens (including phenoxy) is 2. The molecule has 194 valence electrons. The molecule has 1 aliphatic carbocycles. The second-order valence-electron chi connectivity index (χ2n) is 8.14. The maximum Gasteiger partial charge on any atom is 0.490 e. The number of aryl methyl sites for hydroxylation is 2. The topological polar surface area (TPSA) is 90.1 Å². The van der Waals surface area contributed by atoms with Gasteiger partial charge in [0.25, 0.3) is 0 Å². The Morgan fingerprint density at radius 3 is 2.39 bits per heavy atom.